The zero-order valence-electron chi connectivity index (χ0n) is 18.1. The van der Waals surface area contributed by atoms with Gasteiger partial charge >= 0.3 is 0 Å². The predicted octanol–water partition coefficient (Wildman–Crippen LogP) is 5.32. The highest BCUT2D eigenvalue weighted by Crippen LogP contribution is 2.40. The lowest BCUT2D eigenvalue weighted by Crippen LogP contribution is -2.51. The molecule has 3 nitrogen and oxygen atoms in total. The zero-order chi connectivity index (χ0) is 20.7. The first-order chi connectivity index (χ1) is 13.9. The average molecular weight is 388 g/mol. The van der Waals surface area contributed by atoms with Gasteiger partial charge in [-0.25, -0.2) is 0 Å². The molecule has 3 heterocycles. The van der Waals surface area contributed by atoms with Gasteiger partial charge < -0.3 is 15.1 Å². The van der Waals surface area contributed by atoms with E-state index in [2.05, 4.69) is 80.0 Å². The smallest absolute Gasteiger partial charge is 0.0674 e. The number of piperazine rings is 1. The van der Waals surface area contributed by atoms with E-state index in [1.54, 1.807) is 0 Å². The van der Waals surface area contributed by atoms with E-state index >= 15 is 0 Å². The van der Waals surface area contributed by atoms with Crippen molar-refractivity contribution < 1.29 is 0 Å². The van der Waals surface area contributed by atoms with Crippen molar-refractivity contribution in [2.45, 2.75) is 52.6 Å². The van der Waals surface area contributed by atoms with E-state index in [4.69, 9.17) is 0 Å². The number of hydrogen-bond acceptors (Lipinski definition) is 3. The maximum Gasteiger partial charge on any atom is 0.0674 e. The van der Waals surface area contributed by atoms with E-state index in [1.807, 2.05) is 0 Å². The Morgan fingerprint density at radius 2 is 1.97 bits per heavy atom. The minimum absolute atomic E-state index is 0.563. The Labute approximate surface area is 175 Å². The van der Waals surface area contributed by atoms with Crippen LogP contribution in [0.3, 0.4) is 0 Å². The van der Waals surface area contributed by atoms with Crippen molar-refractivity contribution in [3.8, 4) is 0 Å². The van der Waals surface area contributed by atoms with E-state index in [0.29, 0.717) is 6.04 Å². The van der Waals surface area contributed by atoms with Crippen LogP contribution in [-0.4, -0.2) is 28.9 Å². The number of aryl methyl sites for hydroxylation is 2. The second-order valence-corrected chi connectivity index (χ2v) is 8.70. The summed E-state index contributed by atoms with van der Waals surface area (Å²) in [7, 11) is 0. The van der Waals surface area contributed by atoms with Crippen molar-refractivity contribution in [3.05, 3.63) is 94.6 Å². The van der Waals surface area contributed by atoms with Crippen molar-refractivity contribution in [3.63, 3.8) is 0 Å². The van der Waals surface area contributed by atoms with Crippen LogP contribution in [0.25, 0.3) is 0 Å². The van der Waals surface area contributed by atoms with Crippen LogP contribution in [0.4, 0.5) is 0 Å². The Morgan fingerprint density at radius 3 is 2.72 bits per heavy atom. The summed E-state index contributed by atoms with van der Waals surface area (Å²) in [6.07, 6.45) is 6.06. The first-order valence-corrected chi connectivity index (χ1v) is 10.7. The summed E-state index contributed by atoms with van der Waals surface area (Å²) in [5, 5.41) is 3.54. The van der Waals surface area contributed by atoms with Gasteiger partial charge in [0.1, 0.15) is 0 Å². The third kappa shape index (κ3) is 3.55. The Morgan fingerprint density at radius 1 is 1.17 bits per heavy atom. The molecule has 2 saturated heterocycles. The number of hydrogen-bond donors (Lipinski definition) is 1. The van der Waals surface area contributed by atoms with Gasteiger partial charge in [-0.3, -0.25) is 0 Å². The molecule has 1 atom stereocenters. The fraction of sp³-hybridized carbons (Fsp3) is 0.385. The number of benzene rings is 1. The number of nitrogens with one attached hydrogen (secondary N) is 1. The van der Waals surface area contributed by atoms with E-state index in [9.17, 15) is 0 Å². The van der Waals surface area contributed by atoms with Crippen molar-refractivity contribution >= 4 is 0 Å². The number of nitrogens with zero attached hydrogens (tertiary/aromatic N) is 2. The number of allylic oxidation sites excluding steroid dienone is 2. The van der Waals surface area contributed by atoms with E-state index < -0.39 is 0 Å². The summed E-state index contributed by atoms with van der Waals surface area (Å²) in [5.41, 5.74) is 10.6. The monoisotopic (exact) mass is 387 g/mol. The summed E-state index contributed by atoms with van der Waals surface area (Å²) in [6, 6.07) is 7.16. The van der Waals surface area contributed by atoms with Gasteiger partial charge in [0.2, 0.25) is 0 Å². The van der Waals surface area contributed by atoms with Gasteiger partial charge in [-0.05, 0) is 62.3 Å². The highest BCUT2D eigenvalue weighted by atomic mass is 15.3. The van der Waals surface area contributed by atoms with E-state index in [-0.39, 0.29) is 0 Å². The fourth-order valence-corrected chi connectivity index (χ4v) is 4.89. The normalized spacial score (nSPS) is 21.6. The molecular formula is C26H33N3. The van der Waals surface area contributed by atoms with Crippen LogP contribution in [0.15, 0.2) is 77.9 Å². The Bertz CT molecular complexity index is 947. The third-order valence-corrected chi connectivity index (χ3v) is 6.68. The number of fused-ring (bicyclic) bond motifs is 2. The van der Waals surface area contributed by atoms with Crippen molar-refractivity contribution in [1.82, 2.24) is 15.1 Å². The summed E-state index contributed by atoms with van der Waals surface area (Å²) in [6.45, 7) is 22.6. The largest absolute Gasteiger partial charge is 0.381 e. The lowest BCUT2D eigenvalue weighted by molar-refractivity contribution is 0.135. The SMILES string of the molecule is C=C(NCc1ccc(C)cc1C)C1=CN2CC3CCCCN3C(=C)C2=C(C)C1=C. The molecule has 0 spiro atoms. The topological polar surface area (TPSA) is 18.5 Å². The molecule has 3 aliphatic rings. The molecule has 2 fully saturated rings. The molecule has 0 bridgehead atoms. The second kappa shape index (κ2) is 7.62. The first kappa shape index (κ1) is 19.6. The molecular weight excluding hydrogens is 354 g/mol. The lowest BCUT2D eigenvalue weighted by atomic mass is 9.88. The summed E-state index contributed by atoms with van der Waals surface area (Å²) in [4.78, 5) is 4.90. The maximum absolute atomic E-state index is 4.45. The van der Waals surface area contributed by atoms with Crippen LogP contribution >= 0.6 is 0 Å². The minimum atomic E-state index is 0.563. The molecule has 3 aliphatic heterocycles. The standard InChI is InChI=1S/C26H33N3/c1-17-10-11-23(18(2)13-17)14-27-21(5)25-16-28-15-24-9-7-8-12-29(24)22(6)26(28)20(4)19(25)3/h10-11,13,16,24,27H,3,5-9,12,14-15H2,1-2,4H3. The minimum Gasteiger partial charge on any atom is -0.381 e. The number of rotatable bonds is 4. The van der Waals surface area contributed by atoms with Gasteiger partial charge in [0.25, 0.3) is 0 Å². The molecule has 0 aromatic heterocycles. The summed E-state index contributed by atoms with van der Waals surface area (Å²) >= 11 is 0. The van der Waals surface area contributed by atoms with Crippen LogP contribution in [-0.2, 0) is 6.54 Å². The van der Waals surface area contributed by atoms with Crippen LogP contribution in [0.1, 0.15) is 42.9 Å². The molecule has 1 aromatic carbocycles. The third-order valence-electron chi connectivity index (χ3n) is 6.68. The Kier molecular flexibility index (Phi) is 5.16. The maximum atomic E-state index is 4.45. The average Bonchev–Trinajstić information content (AvgIpc) is 2.70. The van der Waals surface area contributed by atoms with Crippen molar-refractivity contribution in [2.75, 3.05) is 13.1 Å². The Hall–Kier alpha value is -2.68. The molecule has 0 radical (unpaired) electrons. The van der Waals surface area contributed by atoms with Crippen LogP contribution in [0, 0.1) is 13.8 Å². The molecule has 29 heavy (non-hydrogen) atoms. The molecule has 1 aromatic rings. The van der Waals surface area contributed by atoms with Crippen LogP contribution in [0.5, 0.6) is 0 Å². The van der Waals surface area contributed by atoms with Gasteiger partial charge in [0.15, 0.2) is 0 Å². The van der Waals surface area contributed by atoms with Gasteiger partial charge in [-0.1, -0.05) is 43.5 Å². The van der Waals surface area contributed by atoms with Gasteiger partial charge in [0.05, 0.1) is 11.4 Å². The second-order valence-electron chi connectivity index (χ2n) is 8.70. The van der Waals surface area contributed by atoms with Gasteiger partial charge in [-0.2, -0.15) is 0 Å². The quantitative estimate of drug-likeness (QED) is 0.754. The Balaban J connectivity index is 1.53. The van der Waals surface area contributed by atoms with E-state index in [0.717, 1.165) is 42.2 Å². The van der Waals surface area contributed by atoms with Crippen molar-refractivity contribution in [1.29, 1.82) is 0 Å². The predicted molar refractivity (Wildman–Crippen MR) is 122 cm³/mol. The fourth-order valence-electron chi connectivity index (χ4n) is 4.89. The highest BCUT2D eigenvalue weighted by Gasteiger charge is 2.36. The molecule has 4 rings (SSSR count). The molecule has 0 amide bonds. The van der Waals surface area contributed by atoms with Crippen molar-refractivity contribution in [2.24, 2.45) is 0 Å². The first-order valence-electron chi connectivity index (χ1n) is 10.7. The highest BCUT2D eigenvalue weighted by molar-refractivity contribution is 5.60. The van der Waals surface area contributed by atoms with E-state index in [1.165, 1.54) is 47.2 Å². The molecule has 3 heteroatoms. The van der Waals surface area contributed by atoms with Gasteiger partial charge in [-0.15, -0.1) is 0 Å². The summed E-state index contributed by atoms with van der Waals surface area (Å²) in [5.74, 6) is 0. The molecule has 0 aliphatic carbocycles. The van der Waals surface area contributed by atoms with Gasteiger partial charge in [0, 0.05) is 43.1 Å². The lowest BCUT2D eigenvalue weighted by Gasteiger charge is -2.49. The molecule has 1 N–H and O–H groups in total. The molecule has 152 valence electrons. The zero-order valence-corrected chi connectivity index (χ0v) is 18.1. The number of piperidine rings is 1. The van der Waals surface area contributed by atoms with Crippen LogP contribution in [0.2, 0.25) is 0 Å². The van der Waals surface area contributed by atoms with Crippen LogP contribution < -0.4 is 5.32 Å². The summed E-state index contributed by atoms with van der Waals surface area (Å²) < 4.78 is 0. The molecule has 0 saturated carbocycles. The molecule has 1 unspecified atom stereocenters.